The lowest BCUT2D eigenvalue weighted by Crippen LogP contribution is -2.67. The molecule has 2 amide bonds. The number of benzene rings is 6. The van der Waals surface area contributed by atoms with Crippen LogP contribution in [0.15, 0.2) is 174 Å². The van der Waals surface area contributed by atoms with Crippen LogP contribution in [0.3, 0.4) is 0 Å². The number of rotatable bonds is 17. The van der Waals surface area contributed by atoms with Gasteiger partial charge in [-0.1, -0.05) is 160 Å². The van der Waals surface area contributed by atoms with E-state index in [0.29, 0.717) is 18.5 Å². The first-order valence-corrected chi connectivity index (χ1v) is 25.1. The highest BCUT2D eigenvalue weighted by atomic mass is 32.2. The number of hydrogen-bond acceptors (Lipinski definition) is 8. The maximum absolute atomic E-state index is 14.5. The second-order valence-electron chi connectivity index (χ2n) is 16.4. The minimum absolute atomic E-state index is 0.0742. The summed E-state index contributed by atoms with van der Waals surface area (Å²) in [6.45, 7) is 6.63. The maximum atomic E-state index is 14.5. The smallest absolute Gasteiger partial charge is 0.407 e. The Morgan fingerprint density at radius 3 is 1.87 bits per heavy atom. The van der Waals surface area contributed by atoms with E-state index in [4.69, 9.17) is 9.16 Å². The van der Waals surface area contributed by atoms with E-state index < -0.39 is 48.3 Å². The van der Waals surface area contributed by atoms with Crippen LogP contribution in [0.2, 0.25) is 5.04 Å². The van der Waals surface area contributed by atoms with E-state index in [1.54, 1.807) is 23.7 Å². The Hall–Kier alpha value is -5.96. The van der Waals surface area contributed by atoms with Gasteiger partial charge in [0.25, 0.3) is 8.32 Å². The summed E-state index contributed by atoms with van der Waals surface area (Å²) in [6.07, 6.45) is -0.0451. The van der Waals surface area contributed by atoms with Gasteiger partial charge < -0.3 is 19.8 Å². The molecule has 0 aliphatic rings. The zero-order chi connectivity index (χ0) is 44.5. The molecule has 7 rings (SSSR count). The minimum Gasteiger partial charge on any atom is -0.453 e. The largest absolute Gasteiger partial charge is 0.453 e. The molecule has 1 heterocycles. The zero-order valence-electron chi connectivity index (χ0n) is 35.7. The molecular weight excluding hydrogens is 845 g/mol. The van der Waals surface area contributed by atoms with Crippen molar-refractivity contribution in [3.63, 3.8) is 0 Å². The van der Waals surface area contributed by atoms with Gasteiger partial charge in [-0.05, 0) is 69.2 Å². The number of thiazole rings is 1. The van der Waals surface area contributed by atoms with Crippen molar-refractivity contribution in [1.29, 1.82) is 0 Å². The third-order valence-corrected chi connectivity index (χ3v) is 18.6. The first kappa shape index (κ1) is 45.1. The molecule has 1 aromatic heterocycles. The van der Waals surface area contributed by atoms with Crippen LogP contribution in [-0.2, 0) is 30.4 Å². The fourth-order valence-corrected chi connectivity index (χ4v) is 14.9. The Bertz CT molecular complexity index is 2640. The molecule has 0 saturated carbocycles. The van der Waals surface area contributed by atoms with E-state index in [0.717, 1.165) is 37.3 Å². The second-order valence-corrected chi connectivity index (χ2v) is 23.3. The lowest BCUT2D eigenvalue weighted by Gasteiger charge is -2.43. The van der Waals surface area contributed by atoms with Crippen molar-refractivity contribution < 1.29 is 27.2 Å². The standard InChI is InChI=1S/C50H52N4O6S2Si/c1-50(2,3)63(41-24-13-7-14-25-41,42-26-15-8-16-27-42)60-34-39(54-62(57,58)40-31-32-44-45(33-40)61-35-51-44)30-29-36-19-17-18-28-43(36)52-48(55)47(53-49(56)59-4)46(37-20-9-5-10-21-37)38-22-11-6-12-23-38/h5-28,31-33,35,39,46-47,54H,29-30,34H2,1-4H3,(H,52,55)(H,53,56)/t39-,47-/m0/s1. The Labute approximate surface area is 374 Å². The van der Waals surface area contributed by atoms with Crippen LogP contribution in [0.4, 0.5) is 10.5 Å². The first-order valence-electron chi connectivity index (χ1n) is 20.8. The Balaban J connectivity index is 1.21. The van der Waals surface area contributed by atoms with Crippen molar-refractivity contribution in [2.45, 2.75) is 61.5 Å². The normalized spacial score (nSPS) is 13.0. The Morgan fingerprint density at radius 1 is 0.746 bits per heavy atom. The topological polar surface area (TPSA) is 136 Å². The van der Waals surface area contributed by atoms with Gasteiger partial charge >= 0.3 is 6.09 Å². The van der Waals surface area contributed by atoms with Crippen LogP contribution in [0, 0.1) is 0 Å². The van der Waals surface area contributed by atoms with Gasteiger partial charge in [0.1, 0.15) is 6.04 Å². The van der Waals surface area contributed by atoms with Crippen molar-refractivity contribution in [3.05, 3.63) is 186 Å². The molecule has 0 radical (unpaired) electrons. The number of para-hydroxylation sites is 1. The van der Waals surface area contributed by atoms with Gasteiger partial charge in [0.05, 0.1) is 34.3 Å². The molecule has 0 bridgehead atoms. The third kappa shape index (κ3) is 10.5. The predicted octanol–water partition coefficient (Wildman–Crippen LogP) is 8.65. The van der Waals surface area contributed by atoms with Crippen molar-refractivity contribution in [2.24, 2.45) is 0 Å². The summed E-state index contributed by atoms with van der Waals surface area (Å²) < 4.78 is 44.7. The number of alkyl carbamates (subject to hydrolysis) is 1. The number of sulfonamides is 1. The molecule has 0 unspecified atom stereocenters. The average Bonchev–Trinajstić information content (AvgIpc) is 3.78. The number of anilines is 1. The average molecular weight is 897 g/mol. The van der Waals surface area contributed by atoms with E-state index in [2.05, 4.69) is 65.4 Å². The fraction of sp³-hybridized carbons (Fsp3) is 0.220. The minimum atomic E-state index is -4.04. The molecule has 2 atom stereocenters. The fourth-order valence-electron chi connectivity index (χ4n) is 8.24. The lowest BCUT2D eigenvalue weighted by atomic mass is 9.84. The molecule has 63 heavy (non-hydrogen) atoms. The van der Waals surface area contributed by atoms with Crippen molar-refractivity contribution in [2.75, 3.05) is 19.0 Å². The third-order valence-electron chi connectivity index (χ3n) is 11.3. The van der Waals surface area contributed by atoms with Crippen molar-refractivity contribution >= 4 is 68.0 Å². The SMILES string of the molecule is COC(=O)N[C@H](C(=O)Nc1ccccc1CC[C@@H](CO[Si](c1ccccc1)(c1ccccc1)C(C)(C)C)NS(=O)(=O)c1ccc2ncsc2c1)C(c1ccccc1)c1ccccc1. The summed E-state index contributed by atoms with van der Waals surface area (Å²) in [5, 5.41) is 7.73. The van der Waals surface area contributed by atoms with E-state index in [1.165, 1.54) is 18.4 Å². The summed E-state index contributed by atoms with van der Waals surface area (Å²) in [5.74, 6) is -1.00. The highest BCUT2D eigenvalue weighted by molar-refractivity contribution is 7.89. The summed E-state index contributed by atoms with van der Waals surface area (Å²) in [6, 6.07) is 50.2. The first-order chi connectivity index (χ1) is 30.4. The molecule has 13 heteroatoms. The quantitative estimate of drug-likeness (QED) is 0.0780. The molecule has 6 aromatic carbocycles. The van der Waals surface area contributed by atoms with Crippen LogP contribution in [0.1, 0.15) is 49.8 Å². The number of amides is 2. The monoisotopic (exact) mass is 896 g/mol. The maximum Gasteiger partial charge on any atom is 0.407 e. The van der Waals surface area contributed by atoms with Crippen molar-refractivity contribution in [3.8, 4) is 0 Å². The molecule has 10 nitrogen and oxygen atoms in total. The van der Waals surface area contributed by atoms with Crippen LogP contribution >= 0.6 is 11.3 Å². The summed E-state index contributed by atoms with van der Waals surface area (Å²) in [5.41, 5.74) is 5.40. The summed E-state index contributed by atoms with van der Waals surface area (Å²) >= 11 is 1.38. The summed E-state index contributed by atoms with van der Waals surface area (Å²) in [4.78, 5) is 31.9. The molecule has 0 saturated heterocycles. The Morgan fingerprint density at radius 2 is 1.30 bits per heavy atom. The van der Waals surface area contributed by atoms with Crippen LogP contribution in [0.25, 0.3) is 10.2 Å². The summed E-state index contributed by atoms with van der Waals surface area (Å²) in [7, 11) is -5.85. The number of ether oxygens (including phenoxy) is 1. The van der Waals surface area contributed by atoms with Crippen LogP contribution in [0.5, 0.6) is 0 Å². The van der Waals surface area contributed by atoms with E-state index in [9.17, 15) is 18.0 Å². The van der Waals surface area contributed by atoms with Crippen LogP contribution < -0.4 is 25.7 Å². The number of fused-ring (bicyclic) bond motifs is 1. The number of aromatic nitrogens is 1. The number of methoxy groups -OCH3 is 1. The number of aryl methyl sites for hydroxylation is 1. The van der Waals surface area contributed by atoms with Crippen LogP contribution in [-0.4, -0.2) is 59.5 Å². The number of nitrogens with zero attached hydrogens (tertiary/aromatic N) is 1. The lowest BCUT2D eigenvalue weighted by molar-refractivity contribution is -0.118. The molecule has 0 aliphatic carbocycles. The van der Waals surface area contributed by atoms with Gasteiger partial charge in [-0.15, -0.1) is 11.3 Å². The molecule has 0 spiro atoms. The molecule has 3 N–H and O–H groups in total. The molecule has 0 aliphatic heterocycles. The number of carbonyl (C=O) groups is 2. The highest BCUT2D eigenvalue weighted by Gasteiger charge is 2.50. The Kier molecular flexibility index (Phi) is 14.3. The van der Waals surface area contributed by atoms with Gasteiger partial charge in [-0.3, -0.25) is 4.79 Å². The molecular formula is C50H52N4O6S2Si. The predicted molar refractivity (Wildman–Crippen MR) is 255 cm³/mol. The van der Waals surface area contributed by atoms with Gasteiger partial charge in [0.15, 0.2) is 0 Å². The van der Waals surface area contributed by atoms with Gasteiger partial charge in [0, 0.05) is 17.6 Å². The number of carbonyl (C=O) groups excluding carboxylic acids is 2. The van der Waals surface area contributed by atoms with Gasteiger partial charge in [-0.2, -0.15) is 0 Å². The van der Waals surface area contributed by atoms with Crippen molar-refractivity contribution in [1.82, 2.24) is 15.0 Å². The molecule has 7 aromatic rings. The van der Waals surface area contributed by atoms with Gasteiger partial charge in [-0.25, -0.2) is 22.9 Å². The second kappa shape index (κ2) is 20.0. The number of hydrogen-bond donors (Lipinski definition) is 3. The van der Waals surface area contributed by atoms with E-state index >= 15 is 0 Å². The van der Waals surface area contributed by atoms with Gasteiger partial charge in [0.2, 0.25) is 15.9 Å². The molecule has 0 fully saturated rings. The number of nitrogens with one attached hydrogen (secondary N) is 3. The zero-order valence-corrected chi connectivity index (χ0v) is 38.4. The van der Waals surface area contributed by atoms with E-state index in [-0.39, 0.29) is 16.5 Å². The highest BCUT2D eigenvalue weighted by Crippen LogP contribution is 2.37. The van der Waals surface area contributed by atoms with E-state index in [1.807, 2.05) is 121 Å². The molecule has 324 valence electrons.